The summed E-state index contributed by atoms with van der Waals surface area (Å²) in [4.78, 5) is 19.8. The number of thiophene rings is 1. The maximum atomic E-state index is 12.2. The lowest BCUT2D eigenvalue weighted by Gasteiger charge is -2.17. The summed E-state index contributed by atoms with van der Waals surface area (Å²) in [5, 5.41) is 9.03. The Morgan fingerprint density at radius 2 is 2.04 bits per heavy atom. The summed E-state index contributed by atoms with van der Waals surface area (Å²) >= 11 is 1.63. The molecule has 0 saturated heterocycles. The van der Waals surface area contributed by atoms with E-state index in [4.69, 9.17) is 4.52 Å². The minimum Gasteiger partial charge on any atom is -0.350 e. The molecule has 0 bridgehead atoms. The van der Waals surface area contributed by atoms with Gasteiger partial charge in [-0.15, -0.1) is 11.3 Å². The maximum Gasteiger partial charge on any atom is 0.241 e. The molecule has 0 saturated carbocycles. The highest BCUT2D eigenvalue weighted by Gasteiger charge is 2.15. The average molecular weight is 399 g/mol. The molecule has 148 valence electrons. The standard InChI is InChI=1S/C21H26N4O2S/c1-4-25(13-19(26)22-12-18-6-5-11-28-18)14-20-23-21(24-27-20)17-9-7-16(8-10-17)15(2)3/h5-11,15H,4,12-14H2,1-3H3,(H,22,26). The second-order valence-corrected chi connectivity index (χ2v) is 7.98. The van der Waals surface area contributed by atoms with E-state index in [2.05, 4.69) is 41.4 Å². The third kappa shape index (κ3) is 5.50. The molecule has 0 radical (unpaired) electrons. The summed E-state index contributed by atoms with van der Waals surface area (Å²) in [6, 6.07) is 12.2. The van der Waals surface area contributed by atoms with Crippen molar-refractivity contribution in [1.29, 1.82) is 0 Å². The number of rotatable bonds is 9. The first-order valence-electron chi connectivity index (χ1n) is 9.49. The number of aromatic nitrogens is 2. The van der Waals surface area contributed by atoms with Gasteiger partial charge >= 0.3 is 0 Å². The van der Waals surface area contributed by atoms with Crippen LogP contribution in [0.3, 0.4) is 0 Å². The van der Waals surface area contributed by atoms with Crippen molar-refractivity contribution in [2.75, 3.05) is 13.1 Å². The zero-order chi connectivity index (χ0) is 19.9. The fourth-order valence-electron chi connectivity index (χ4n) is 2.78. The Morgan fingerprint density at radius 3 is 2.68 bits per heavy atom. The van der Waals surface area contributed by atoms with Gasteiger partial charge in [0.1, 0.15) is 0 Å². The maximum absolute atomic E-state index is 12.2. The van der Waals surface area contributed by atoms with E-state index in [1.807, 2.05) is 41.5 Å². The van der Waals surface area contributed by atoms with Crippen LogP contribution in [0, 0.1) is 0 Å². The third-order valence-corrected chi connectivity index (χ3v) is 5.39. The lowest BCUT2D eigenvalue weighted by Crippen LogP contribution is -2.36. The summed E-state index contributed by atoms with van der Waals surface area (Å²) in [7, 11) is 0. The van der Waals surface area contributed by atoms with Gasteiger partial charge in [-0.25, -0.2) is 0 Å². The highest BCUT2D eigenvalue weighted by atomic mass is 32.1. The molecule has 0 atom stereocenters. The van der Waals surface area contributed by atoms with Crippen LogP contribution in [-0.2, 0) is 17.9 Å². The van der Waals surface area contributed by atoms with Crippen molar-refractivity contribution in [2.24, 2.45) is 0 Å². The molecule has 6 nitrogen and oxygen atoms in total. The molecule has 2 aromatic heterocycles. The lowest BCUT2D eigenvalue weighted by atomic mass is 10.0. The number of nitrogens with zero attached hydrogens (tertiary/aromatic N) is 3. The van der Waals surface area contributed by atoms with Crippen LogP contribution >= 0.6 is 11.3 Å². The molecular weight excluding hydrogens is 372 g/mol. The number of nitrogens with one attached hydrogen (secondary N) is 1. The van der Waals surface area contributed by atoms with E-state index in [0.29, 0.717) is 43.8 Å². The predicted molar refractivity (Wildman–Crippen MR) is 111 cm³/mol. The van der Waals surface area contributed by atoms with Crippen LogP contribution < -0.4 is 5.32 Å². The van der Waals surface area contributed by atoms with Gasteiger partial charge in [0.25, 0.3) is 0 Å². The summed E-state index contributed by atoms with van der Waals surface area (Å²) in [5.41, 5.74) is 2.20. The van der Waals surface area contributed by atoms with E-state index < -0.39 is 0 Å². The first-order valence-corrected chi connectivity index (χ1v) is 10.4. The number of hydrogen-bond acceptors (Lipinski definition) is 6. The molecule has 0 aliphatic carbocycles. The zero-order valence-corrected chi connectivity index (χ0v) is 17.3. The fraction of sp³-hybridized carbons (Fsp3) is 0.381. The van der Waals surface area contributed by atoms with E-state index in [1.54, 1.807) is 11.3 Å². The van der Waals surface area contributed by atoms with Gasteiger partial charge in [-0.2, -0.15) is 4.98 Å². The molecule has 0 aliphatic heterocycles. The Hall–Kier alpha value is -2.51. The van der Waals surface area contributed by atoms with Crippen LogP contribution in [0.2, 0.25) is 0 Å². The van der Waals surface area contributed by atoms with Gasteiger partial charge in [-0.3, -0.25) is 9.69 Å². The van der Waals surface area contributed by atoms with Crippen LogP contribution in [0.4, 0.5) is 0 Å². The molecule has 3 aromatic rings. The largest absolute Gasteiger partial charge is 0.350 e. The normalized spacial score (nSPS) is 11.3. The first kappa shape index (κ1) is 20.2. The summed E-state index contributed by atoms with van der Waals surface area (Å²) < 4.78 is 5.40. The number of likely N-dealkylation sites (N-methyl/N-ethyl adjacent to an activating group) is 1. The van der Waals surface area contributed by atoms with Crippen LogP contribution in [0.5, 0.6) is 0 Å². The van der Waals surface area contributed by atoms with E-state index >= 15 is 0 Å². The number of hydrogen-bond donors (Lipinski definition) is 1. The topological polar surface area (TPSA) is 71.3 Å². The quantitative estimate of drug-likeness (QED) is 0.588. The Morgan fingerprint density at radius 1 is 1.25 bits per heavy atom. The number of amides is 1. The summed E-state index contributed by atoms with van der Waals surface area (Å²) in [6.07, 6.45) is 0. The molecule has 0 unspecified atom stereocenters. The van der Waals surface area contributed by atoms with E-state index in [1.165, 1.54) is 5.56 Å². The van der Waals surface area contributed by atoms with Gasteiger partial charge in [0.15, 0.2) is 0 Å². The average Bonchev–Trinajstić information content (AvgIpc) is 3.38. The van der Waals surface area contributed by atoms with Crippen LogP contribution in [0.15, 0.2) is 46.3 Å². The van der Waals surface area contributed by atoms with Crippen molar-refractivity contribution in [3.05, 3.63) is 58.1 Å². The molecule has 1 aromatic carbocycles. The molecule has 0 spiro atoms. The molecule has 1 N–H and O–H groups in total. The van der Waals surface area contributed by atoms with Crippen LogP contribution in [0.25, 0.3) is 11.4 Å². The highest BCUT2D eigenvalue weighted by Crippen LogP contribution is 2.20. The molecule has 0 aliphatic rings. The second kappa shape index (κ2) is 9.61. The second-order valence-electron chi connectivity index (χ2n) is 6.95. The van der Waals surface area contributed by atoms with Gasteiger partial charge in [0.05, 0.1) is 19.6 Å². The zero-order valence-electron chi connectivity index (χ0n) is 16.5. The molecular formula is C21H26N4O2S. The minimum absolute atomic E-state index is 0.0146. The Kier molecular flexibility index (Phi) is 6.95. The number of carbonyl (C=O) groups excluding carboxylic acids is 1. The summed E-state index contributed by atoms with van der Waals surface area (Å²) in [6.45, 7) is 8.35. The van der Waals surface area contributed by atoms with Crippen molar-refractivity contribution < 1.29 is 9.32 Å². The number of benzene rings is 1. The molecule has 0 fully saturated rings. The minimum atomic E-state index is -0.0146. The molecule has 1 amide bonds. The van der Waals surface area contributed by atoms with Gasteiger partial charge in [0, 0.05) is 10.4 Å². The third-order valence-electron chi connectivity index (χ3n) is 4.52. The first-order chi connectivity index (χ1) is 13.5. The van der Waals surface area contributed by atoms with Crippen molar-refractivity contribution >= 4 is 17.2 Å². The predicted octanol–water partition coefficient (Wildman–Crippen LogP) is 4.06. The van der Waals surface area contributed by atoms with Gasteiger partial charge in [-0.05, 0) is 29.5 Å². The van der Waals surface area contributed by atoms with Gasteiger partial charge < -0.3 is 9.84 Å². The van der Waals surface area contributed by atoms with Crippen molar-refractivity contribution in [3.8, 4) is 11.4 Å². The lowest BCUT2D eigenvalue weighted by molar-refractivity contribution is -0.122. The molecule has 28 heavy (non-hydrogen) atoms. The van der Waals surface area contributed by atoms with E-state index in [9.17, 15) is 4.79 Å². The monoisotopic (exact) mass is 398 g/mol. The fourth-order valence-corrected chi connectivity index (χ4v) is 3.43. The van der Waals surface area contributed by atoms with Crippen molar-refractivity contribution in [2.45, 2.75) is 39.8 Å². The van der Waals surface area contributed by atoms with E-state index in [0.717, 1.165) is 10.4 Å². The van der Waals surface area contributed by atoms with E-state index in [-0.39, 0.29) is 5.91 Å². The SMILES string of the molecule is CCN(CC(=O)NCc1cccs1)Cc1nc(-c2ccc(C(C)C)cc2)no1. The molecule has 2 heterocycles. The molecule has 7 heteroatoms. The highest BCUT2D eigenvalue weighted by molar-refractivity contribution is 7.09. The van der Waals surface area contributed by atoms with Crippen LogP contribution in [-0.4, -0.2) is 34.0 Å². The Bertz CT molecular complexity index is 872. The van der Waals surface area contributed by atoms with Gasteiger partial charge in [0.2, 0.25) is 17.6 Å². The summed E-state index contributed by atoms with van der Waals surface area (Å²) in [5.74, 6) is 1.55. The van der Waals surface area contributed by atoms with Crippen molar-refractivity contribution in [1.82, 2.24) is 20.4 Å². The van der Waals surface area contributed by atoms with Crippen molar-refractivity contribution in [3.63, 3.8) is 0 Å². The number of carbonyl (C=O) groups is 1. The molecule has 3 rings (SSSR count). The Balaban J connectivity index is 1.55. The Labute approximate surface area is 169 Å². The van der Waals surface area contributed by atoms with Gasteiger partial charge in [-0.1, -0.05) is 56.3 Å². The smallest absolute Gasteiger partial charge is 0.241 e. The van der Waals surface area contributed by atoms with Crippen LogP contribution in [0.1, 0.15) is 43.0 Å².